The van der Waals surface area contributed by atoms with Crippen molar-refractivity contribution in [2.45, 2.75) is 71.4 Å². The van der Waals surface area contributed by atoms with Crippen LogP contribution in [0.25, 0.3) is 0 Å². The minimum Gasteiger partial charge on any atom is -0.379 e. The zero-order valence-electron chi connectivity index (χ0n) is 14.1. The Bertz CT molecular complexity index is 337. The number of nitrogens with one attached hydrogen (secondary N) is 1. The first kappa shape index (κ1) is 18.2. The minimum atomic E-state index is 0.351. The van der Waals surface area contributed by atoms with Crippen molar-refractivity contribution in [1.29, 1.82) is 0 Å². The van der Waals surface area contributed by atoms with E-state index in [1.165, 1.54) is 37.7 Å². The Hall–Kier alpha value is -0.860. The van der Waals surface area contributed by atoms with Crippen LogP contribution in [0.3, 0.4) is 0 Å². The summed E-state index contributed by atoms with van der Waals surface area (Å²) in [7, 11) is 0. The van der Waals surface area contributed by atoms with Gasteiger partial charge in [0.15, 0.2) is 0 Å². The van der Waals surface area contributed by atoms with E-state index < -0.39 is 0 Å². The van der Waals surface area contributed by atoms with E-state index in [2.05, 4.69) is 56.4 Å². The van der Waals surface area contributed by atoms with Crippen LogP contribution in [0.1, 0.15) is 70.9 Å². The zero-order chi connectivity index (χ0) is 15.3. The maximum atomic E-state index is 5.59. The van der Waals surface area contributed by atoms with E-state index in [4.69, 9.17) is 4.74 Å². The third kappa shape index (κ3) is 8.90. The largest absolute Gasteiger partial charge is 0.379 e. The van der Waals surface area contributed by atoms with Gasteiger partial charge >= 0.3 is 0 Å². The molecule has 1 unspecified atom stereocenters. The van der Waals surface area contributed by atoms with Gasteiger partial charge in [-0.3, -0.25) is 0 Å². The van der Waals surface area contributed by atoms with Crippen molar-refractivity contribution in [2.24, 2.45) is 0 Å². The quantitative estimate of drug-likeness (QED) is 0.541. The second-order valence-electron chi connectivity index (χ2n) is 6.04. The number of rotatable bonds is 12. The lowest BCUT2D eigenvalue weighted by Gasteiger charge is -2.19. The Morgan fingerprint density at radius 3 is 2.43 bits per heavy atom. The average molecular weight is 291 g/mol. The molecule has 21 heavy (non-hydrogen) atoms. The second-order valence-corrected chi connectivity index (χ2v) is 6.04. The molecule has 1 aromatic rings. The summed E-state index contributed by atoms with van der Waals surface area (Å²) in [6, 6.07) is 11.4. The Morgan fingerprint density at radius 2 is 1.76 bits per heavy atom. The lowest BCUT2D eigenvalue weighted by Crippen LogP contribution is -2.23. The molecular formula is C19H33NO. The van der Waals surface area contributed by atoms with Gasteiger partial charge in [-0.15, -0.1) is 0 Å². The van der Waals surface area contributed by atoms with E-state index in [0.717, 1.165) is 19.6 Å². The molecule has 0 aliphatic rings. The molecule has 0 saturated heterocycles. The predicted molar refractivity (Wildman–Crippen MR) is 91.6 cm³/mol. The van der Waals surface area contributed by atoms with Crippen molar-refractivity contribution in [3.8, 4) is 0 Å². The van der Waals surface area contributed by atoms with Crippen molar-refractivity contribution in [3.63, 3.8) is 0 Å². The average Bonchev–Trinajstić information content (AvgIpc) is 2.49. The van der Waals surface area contributed by atoms with Crippen LogP contribution in [0.5, 0.6) is 0 Å². The monoisotopic (exact) mass is 291 g/mol. The van der Waals surface area contributed by atoms with E-state index in [-0.39, 0.29) is 0 Å². The molecule has 0 fully saturated rings. The molecule has 1 aromatic carbocycles. The molecule has 1 rings (SSSR count). The molecule has 0 heterocycles. The second kappa shape index (κ2) is 11.8. The molecular weight excluding hydrogens is 258 g/mol. The molecule has 1 atom stereocenters. The molecule has 2 nitrogen and oxygen atoms in total. The van der Waals surface area contributed by atoms with Gasteiger partial charge in [0.2, 0.25) is 0 Å². The van der Waals surface area contributed by atoms with Gasteiger partial charge < -0.3 is 10.1 Å². The molecule has 0 amide bonds. The summed E-state index contributed by atoms with van der Waals surface area (Å²) in [4.78, 5) is 0. The molecule has 0 aliphatic heterocycles. The van der Waals surface area contributed by atoms with Crippen LogP contribution < -0.4 is 5.32 Å². The van der Waals surface area contributed by atoms with Gasteiger partial charge in [-0.25, -0.2) is 0 Å². The number of ether oxygens (including phenoxy) is 1. The number of benzene rings is 1. The van der Waals surface area contributed by atoms with Gasteiger partial charge in [0, 0.05) is 12.6 Å². The van der Waals surface area contributed by atoms with Gasteiger partial charge in [0.05, 0.1) is 6.10 Å². The van der Waals surface area contributed by atoms with Crippen LogP contribution >= 0.6 is 0 Å². The van der Waals surface area contributed by atoms with Crippen LogP contribution in [0.4, 0.5) is 0 Å². The van der Waals surface area contributed by atoms with Gasteiger partial charge in [-0.05, 0) is 45.2 Å². The molecule has 1 N–H and O–H groups in total. The SMILES string of the molecule is CCCCCC(NCCCCOC(C)C)c1ccccc1. The zero-order valence-corrected chi connectivity index (χ0v) is 14.1. The Labute approximate surface area is 131 Å². The van der Waals surface area contributed by atoms with Gasteiger partial charge in [0.25, 0.3) is 0 Å². The molecule has 0 radical (unpaired) electrons. The maximum absolute atomic E-state index is 5.59. The first-order valence-electron chi connectivity index (χ1n) is 8.64. The van der Waals surface area contributed by atoms with Crippen LogP contribution in [0.15, 0.2) is 30.3 Å². The highest BCUT2D eigenvalue weighted by atomic mass is 16.5. The van der Waals surface area contributed by atoms with Crippen molar-refractivity contribution in [2.75, 3.05) is 13.2 Å². The normalized spacial score (nSPS) is 12.8. The Balaban J connectivity index is 2.29. The van der Waals surface area contributed by atoms with Gasteiger partial charge in [-0.1, -0.05) is 56.5 Å². The Morgan fingerprint density at radius 1 is 1.00 bits per heavy atom. The van der Waals surface area contributed by atoms with Crippen LogP contribution in [0.2, 0.25) is 0 Å². The summed E-state index contributed by atoms with van der Waals surface area (Å²) in [5, 5.41) is 3.73. The molecule has 0 bridgehead atoms. The third-order valence-electron chi connectivity index (χ3n) is 3.71. The maximum Gasteiger partial charge on any atom is 0.0518 e. The topological polar surface area (TPSA) is 21.3 Å². The molecule has 0 saturated carbocycles. The predicted octanol–water partition coefficient (Wildman–Crippen LogP) is 5.10. The molecule has 0 spiro atoms. The van der Waals surface area contributed by atoms with Gasteiger partial charge in [0.1, 0.15) is 0 Å². The smallest absolute Gasteiger partial charge is 0.0518 e. The van der Waals surface area contributed by atoms with Crippen LogP contribution in [-0.4, -0.2) is 19.3 Å². The van der Waals surface area contributed by atoms with E-state index in [0.29, 0.717) is 12.1 Å². The summed E-state index contributed by atoms with van der Waals surface area (Å²) in [6.45, 7) is 8.41. The van der Waals surface area contributed by atoms with E-state index in [1.807, 2.05) is 0 Å². The fraction of sp³-hybridized carbons (Fsp3) is 0.684. The highest BCUT2D eigenvalue weighted by Crippen LogP contribution is 2.19. The first-order valence-corrected chi connectivity index (χ1v) is 8.64. The summed E-state index contributed by atoms with van der Waals surface area (Å²) < 4.78 is 5.59. The van der Waals surface area contributed by atoms with Crippen molar-refractivity contribution in [1.82, 2.24) is 5.32 Å². The highest BCUT2D eigenvalue weighted by molar-refractivity contribution is 5.18. The summed E-state index contributed by atoms with van der Waals surface area (Å²) in [5.41, 5.74) is 1.42. The van der Waals surface area contributed by atoms with Gasteiger partial charge in [-0.2, -0.15) is 0 Å². The van der Waals surface area contributed by atoms with E-state index in [1.54, 1.807) is 0 Å². The Kier molecular flexibility index (Phi) is 10.2. The number of hydrogen-bond acceptors (Lipinski definition) is 2. The molecule has 0 aliphatic carbocycles. The number of unbranched alkanes of at least 4 members (excludes halogenated alkanes) is 3. The third-order valence-corrected chi connectivity index (χ3v) is 3.71. The molecule has 2 heteroatoms. The van der Waals surface area contributed by atoms with Crippen LogP contribution in [0, 0.1) is 0 Å². The molecule has 120 valence electrons. The fourth-order valence-corrected chi connectivity index (χ4v) is 2.49. The lowest BCUT2D eigenvalue weighted by atomic mass is 10.0. The lowest BCUT2D eigenvalue weighted by molar-refractivity contribution is 0.0759. The van der Waals surface area contributed by atoms with E-state index >= 15 is 0 Å². The van der Waals surface area contributed by atoms with Crippen molar-refractivity contribution >= 4 is 0 Å². The van der Waals surface area contributed by atoms with E-state index in [9.17, 15) is 0 Å². The fourth-order valence-electron chi connectivity index (χ4n) is 2.49. The summed E-state index contributed by atoms with van der Waals surface area (Å²) in [6.07, 6.45) is 7.83. The van der Waals surface area contributed by atoms with Crippen LogP contribution in [-0.2, 0) is 4.74 Å². The first-order chi connectivity index (χ1) is 10.2. The minimum absolute atomic E-state index is 0.351. The highest BCUT2D eigenvalue weighted by Gasteiger charge is 2.09. The standard InChI is InChI=1S/C19H33NO/c1-4-5-7-14-19(18-12-8-6-9-13-18)20-15-10-11-16-21-17(2)3/h6,8-9,12-13,17,19-20H,4-5,7,10-11,14-16H2,1-3H3. The van der Waals surface area contributed by atoms with Crippen molar-refractivity contribution in [3.05, 3.63) is 35.9 Å². The summed E-state index contributed by atoms with van der Waals surface area (Å²) >= 11 is 0. The number of hydrogen-bond donors (Lipinski definition) is 1. The molecule has 0 aromatic heterocycles. The van der Waals surface area contributed by atoms with Crippen molar-refractivity contribution < 1.29 is 4.74 Å². The summed E-state index contributed by atoms with van der Waals surface area (Å²) in [5.74, 6) is 0.